The number of nitrogens with two attached hydrogens (primary N) is 1. The largest absolute Gasteiger partial charge is 0.409 e. The number of nitrogens with zero attached hydrogens (tertiary/aromatic N) is 4. The third kappa shape index (κ3) is 2.40. The van der Waals surface area contributed by atoms with Crippen LogP contribution in [0, 0.1) is 0 Å². The van der Waals surface area contributed by atoms with Gasteiger partial charge in [0.1, 0.15) is 5.69 Å². The van der Waals surface area contributed by atoms with Gasteiger partial charge in [-0.1, -0.05) is 23.4 Å². The van der Waals surface area contributed by atoms with Gasteiger partial charge < -0.3 is 15.8 Å². The van der Waals surface area contributed by atoms with Crippen LogP contribution < -0.4 is 10.6 Å². The van der Waals surface area contributed by atoms with Crippen molar-refractivity contribution in [3.8, 4) is 0 Å². The summed E-state index contributed by atoms with van der Waals surface area (Å²) in [5.74, 6) is 0.727. The quantitative estimate of drug-likeness (QED) is 0.381. The second kappa shape index (κ2) is 5.40. The SMILES string of the molecule is CC1CCc2ccccc2N1c1cnc(C(N)=NO)cn1. The maximum Gasteiger partial charge on any atom is 0.190 e. The van der Waals surface area contributed by atoms with Gasteiger partial charge in [0.25, 0.3) is 0 Å². The Labute approximate surface area is 122 Å². The molecule has 108 valence electrons. The minimum Gasteiger partial charge on any atom is -0.409 e. The molecule has 0 bridgehead atoms. The Morgan fingerprint density at radius 1 is 1.33 bits per heavy atom. The zero-order valence-electron chi connectivity index (χ0n) is 11.8. The zero-order chi connectivity index (χ0) is 14.8. The zero-order valence-corrected chi connectivity index (χ0v) is 11.8. The first kappa shape index (κ1) is 13.4. The number of hydrogen-bond donors (Lipinski definition) is 2. The molecule has 0 aliphatic carbocycles. The number of para-hydroxylation sites is 1. The molecule has 2 heterocycles. The molecule has 1 aromatic carbocycles. The summed E-state index contributed by atoms with van der Waals surface area (Å²) in [6.45, 7) is 2.18. The van der Waals surface area contributed by atoms with Gasteiger partial charge in [0.05, 0.1) is 12.4 Å². The summed E-state index contributed by atoms with van der Waals surface area (Å²) in [5.41, 5.74) is 8.36. The number of benzene rings is 1. The van der Waals surface area contributed by atoms with Crippen molar-refractivity contribution < 1.29 is 5.21 Å². The van der Waals surface area contributed by atoms with Gasteiger partial charge in [-0.3, -0.25) is 0 Å². The van der Waals surface area contributed by atoms with Gasteiger partial charge in [-0.15, -0.1) is 0 Å². The Kier molecular flexibility index (Phi) is 3.43. The average Bonchev–Trinajstić information content (AvgIpc) is 2.54. The molecular weight excluding hydrogens is 266 g/mol. The molecule has 0 spiro atoms. The topological polar surface area (TPSA) is 87.6 Å². The lowest BCUT2D eigenvalue weighted by molar-refractivity contribution is 0.318. The first-order valence-electron chi connectivity index (χ1n) is 6.88. The minimum atomic E-state index is -0.0406. The van der Waals surface area contributed by atoms with Crippen molar-refractivity contribution >= 4 is 17.3 Å². The van der Waals surface area contributed by atoms with Crippen molar-refractivity contribution in [2.45, 2.75) is 25.8 Å². The van der Waals surface area contributed by atoms with Crippen molar-refractivity contribution in [2.75, 3.05) is 4.90 Å². The fourth-order valence-electron chi connectivity index (χ4n) is 2.67. The summed E-state index contributed by atoms with van der Waals surface area (Å²) in [6.07, 6.45) is 5.32. The number of rotatable bonds is 2. The van der Waals surface area contributed by atoms with E-state index in [0.29, 0.717) is 11.7 Å². The molecule has 1 atom stereocenters. The summed E-state index contributed by atoms with van der Waals surface area (Å²) < 4.78 is 0. The molecule has 1 aliphatic heterocycles. The van der Waals surface area contributed by atoms with Gasteiger partial charge in [0, 0.05) is 11.7 Å². The van der Waals surface area contributed by atoms with Crippen LogP contribution in [0.4, 0.5) is 11.5 Å². The van der Waals surface area contributed by atoms with E-state index in [1.807, 2.05) is 6.07 Å². The van der Waals surface area contributed by atoms with E-state index in [1.165, 1.54) is 17.4 Å². The van der Waals surface area contributed by atoms with Crippen LogP contribution in [0.5, 0.6) is 0 Å². The van der Waals surface area contributed by atoms with Crippen molar-refractivity contribution in [1.82, 2.24) is 9.97 Å². The van der Waals surface area contributed by atoms with Crippen LogP contribution in [0.15, 0.2) is 41.8 Å². The van der Waals surface area contributed by atoms with Gasteiger partial charge in [-0.05, 0) is 31.4 Å². The van der Waals surface area contributed by atoms with E-state index >= 15 is 0 Å². The summed E-state index contributed by atoms with van der Waals surface area (Å²) >= 11 is 0. The first-order chi connectivity index (χ1) is 10.2. The number of anilines is 2. The minimum absolute atomic E-state index is 0.0406. The normalized spacial score (nSPS) is 18.4. The average molecular weight is 283 g/mol. The van der Waals surface area contributed by atoms with E-state index in [-0.39, 0.29) is 5.84 Å². The van der Waals surface area contributed by atoms with E-state index in [1.54, 1.807) is 6.20 Å². The van der Waals surface area contributed by atoms with Crippen LogP contribution >= 0.6 is 0 Å². The predicted molar refractivity (Wildman–Crippen MR) is 80.9 cm³/mol. The van der Waals surface area contributed by atoms with Crippen molar-refractivity contribution in [1.29, 1.82) is 0 Å². The second-order valence-corrected chi connectivity index (χ2v) is 5.13. The molecule has 0 radical (unpaired) electrons. The van der Waals surface area contributed by atoms with E-state index < -0.39 is 0 Å². The molecule has 21 heavy (non-hydrogen) atoms. The number of amidine groups is 1. The highest BCUT2D eigenvalue weighted by Gasteiger charge is 2.25. The Bertz CT molecular complexity index is 668. The molecule has 0 saturated heterocycles. The molecule has 1 unspecified atom stereocenters. The lowest BCUT2D eigenvalue weighted by atomic mass is 9.97. The third-order valence-electron chi connectivity index (χ3n) is 3.78. The highest BCUT2D eigenvalue weighted by Crippen LogP contribution is 2.35. The van der Waals surface area contributed by atoms with Gasteiger partial charge >= 0.3 is 0 Å². The summed E-state index contributed by atoms with van der Waals surface area (Å²) in [5, 5.41) is 11.6. The van der Waals surface area contributed by atoms with Crippen LogP contribution in [0.3, 0.4) is 0 Å². The van der Waals surface area contributed by atoms with Gasteiger partial charge in [-0.25, -0.2) is 9.97 Å². The van der Waals surface area contributed by atoms with Crippen LogP contribution in [0.25, 0.3) is 0 Å². The monoisotopic (exact) mass is 283 g/mol. The van der Waals surface area contributed by atoms with Crippen molar-refractivity contribution in [2.24, 2.45) is 10.9 Å². The first-order valence-corrected chi connectivity index (χ1v) is 6.88. The molecule has 0 amide bonds. The molecule has 6 nitrogen and oxygen atoms in total. The standard InChI is InChI=1S/C15H17N5O/c1-10-6-7-11-4-2-3-5-13(11)20(10)14-9-17-12(8-18-14)15(16)19-21/h2-5,8-10,21H,6-7H2,1H3,(H2,16,19). The van der Waals surface area contributed by atoms with Crippen molar-refractivity contribution in [3.63, 3.8) is 0 Å². The molecule has 1 aliphatic rings. The summed E-state index contributed by atoms with van der Waals surface area (Å²) in [4.78, 5) is 10.8. The lowest BCUT2D eigenvalue weighted by Crippen LogP contribution is -2.34. The maximum atomic E-state index is 8.66. The summed E-state index contributed by atoms with van der Waals surface area (Å²) in [7, 11) is 0. The van der Waals surface area contributed by atoms with E-state index in [2.05, 4.69) is 45.1 Å². The molecule has 0 saturated carbocycles. The highest BCUT2D eigenvalue weighted by molar-refractivity contribution is 5.94. The molecule has 3 rings (SSSR count). The molecule has 3 N–H and O–H groups in total. The number of fused-ring (bicyclic) bond motifs is 1. The predicted octanol–water partition coefficient (Wildman–Crippen LogP) is 2.04. The Balaban J connectivity index is 2.00. The maximum absolute atomic E-state index is 8.66. The number of aryl methyl sites for hydroxylation is 1. The Hall–Kier alpha value is -2.63. The molecule has 6 heteroatoms. The highest BCUT2D eigenvalue weighted by atomic mass is 16.4. The smallest absolute Gasteiger partial charge is 0.190 e. The summed E-state index contributed by atoms with van der Waals surface area (Å²) in [6, 6.07) is 8.68. The second-order valence-electron chi connectivity index (χ2n) is 5.13. The Morgan fingerprint density at radius 2 is 2.14 bits per heavy atom. The fourth-order valence-corrected chi connectivity index (χ4v) is 2.67. The van der Waals surface area contributed by atoms with Crippen LogP contribution in [0.1, 0.15) is 24.6 Å². The molecule has 1 aromatic heterocycles. The third-order valence-corrected chi connectivity index (χ3v) is 3.78. The van der Waals surface area contributed by atoms with Gasteiger partial charge in [-0.2, -0.15) is 0 Å². The van der Waals surface area contributed by atoms with Gasteiger partial charge in [0.2, 0.25) is 0 Å². The molecule has 0 fully saturated rings. The van der Waals surface area contributed by atoms with Gasteiger partial charge in [0.15, 0.2) is 11.7 Å². The van der Waals surface area contributed by atoms with E-state index in [0.717, 1.165) is 18.7 Å². The van der Waals surface area contributed by atoms with E-state index in [9.17, 15) is 0 Å². The lowest BCUT2D eigenvalue weighted by Gasteiger charge is -2.36. The fraction of sp³-hybridized carbons (Fsp3) is 0.267. The Morgan fingerprint density at radius 3 is 2.86 bits per heavy atom. The van der Waals surface area contributed by atoms with Crippen LogP contribution in [0.2, 0.25) is 0 Å². The number of hydrogen-bond acceptors (Lipinski definition) is 5. The van der Waals surface area contributed by atoms with Crippen LogP contribution in [-0.4, -0.2) is 27.1 Å². The number of aromatic nitrogens is 2. The van der Waals surface area contributed by atoms with E-state index in [4.69, 9.17) is 10.9 Å². The molecule has 2 aromatic rings. The van der Waals surface area contributed by atoms with Crippen LogP contribution in [-0.2, 0) is 6.42 Å². The van der Waals surface area contributed by atoms with Crippen molar-refractivity contribution in [3.05, 3.63) is 47.9 Å². The molecular formula is C15H17N5O. The number of oxime groups is 1.